The number of azide groups is 1. The Bertz CT molecular complexity index is 944. The first-order valence-electron chi connectivity index (χ1n) is 6.58. The van der Waals surface area contributed by atoms with E-state index in [-0.39, 0.29) is 11.4 Å². The maximum atomic E-state index is 12.1. The lowest BCUT2D eigenvalue weighted by atomic mass is 10.1. The van der Waals surface area contributed by atoms with Gasteiger partial charge in [0.25, 0.3) is 5.56 Å². The molecule has 1 heterocycles. The maximum absolute atomic E-state index is 12.1. The highest BCUT2D eigenvalue weighted by Crippen LogP contribution is 2.24. The average molecular weight is 307 g/mol. The molecule has 0 saturated carbocycles. The molecule has 2 aromatic rings. The number of anilines is 1. The number of nitriles is 1. The number of hydrogen-bond donors (Lipinski definition) is 1. The van der Waals surface area contributed by atoms with Crippen LogP contribution < -0.4 is 11.3 Å². The summed E-state index contributed by atoms with van der Waals surface area (Å²) in [5.74, 6) is 0.0900. The van der Waals surface area contributed by atoms with Gasteiger partial charge in [-0.05, 0) is 35.3 Å². The van der Waals surface area contributed by atoms with Gasteiger partial charge in [-0.3, -0.25) is 9.79 Å². The van der Waals surface area contributed by atoms with Crippen molar-refractivity contribution in [3.8, 4) is 6.07 Å². The van der Waals surface area contributed by atoms with E-state index in [2.05, 4.69) is 15.0 Å². The summed E-state index contributed by atoms with van der Waals surface area (Å²) in [6, 6.07) is 8.86. The van der Waals surface area contributed by atoms with E-state index < -0.39 is 5.56 Å². The van der Waals surface area contributed by atoms with Crippen LogP contribution >= 0.6 is 0 Å². The molecule has 2 N–H and O–H groups in total. The summed E-state index contributed by atoms with van der Waals surface area (Å²) < 4.78 is 1.13. The Morgan fingerprint density at radius 2 is 2.13 bits per heavy atom. The van der Waals surface area contributed by atoms with E-state index in [4.69, 9.17) is 16.5 Å². The molecule has 0 atom stereocenters. The topological polar surface area (TPSA) is 133 Å². The van der Waals surface area contributed by atoms with E-state index in [0.717, 1.165) is 4.57 Å². The number of nitrogens with two attached hydrogens (primary N) is 1. The van der Waals surface area contributed by atoms with Gasteiger partial charge in [0.15, 0.2) is 0 Å². The second-order valence-electron chi connectivity index (χ2n) is 4.72. The minimum absolute atomic E-state index is 0.0214. The van der Waals surface area contributed by atoms with Crippen LogP contribution in [0.1, 0.15) is 16.7 Å². The van der Waals surface area contributed by atoms with E-state index in [9.17, 15) is 4.79 Å². The SMILES string of the molecule is Cc1c(C=Nc2ccccc2N)c(N=[N+]=[N-])n(C)c(=O)c1C#N. The summed E-state index contributed by atoms with van der Waals surface area (Å²) in [6.07, 6.45) is 1.44. The van der Waals surface area contributed by atoms with Crippen molar-refractivity contribution in [2.45, 2.75) is 6.92 Å². The lowest BCUT2D eigenvalue weighted by Crippen LogP contribution is -2.22. The molecule has 2 rings (SSSR count). The number of rotatable bonds is 3. The van der Waals surface area contributed by atoms with E-state index >= 15 is 0 Å². The van der Waals surface area contributed by atoms with Crippen molar-refractivity contribution >= 4 is 23.4 Å². The quantitative estimate of drug-likeness (QED) is 0.307. The lowest BCUT2D eigenvalue weighted by Gasteiger charge is -2.11. The van der Waals surface area contributed by atoms with Gasteiger partial charge >= 0.3 is 0 Å². The van der Waals surface area contributed by atoms with Crippen LogP contribution in [0.4, 0.5) is 17.2 Å². The lowest BCUT2D eigenvalue weighted by molar-refractivity contribution is 0.847. The summed E-state index contributed by atoms with van der Waals surface area (Å²) >= 11 is 0. The molecule has 1 aromatic carbocycles. The van der Waals surface area contributed by atoms with Crippen molar-refractivity contribution < 1.29 is 0 Å². The van der Waals surface area contributed by atoms with Crippen molar-refractivity contribution in [3.05, 3.63) is 61.8 Å². The Balaban J connectivity index is 2.73. The number of hydrogen-bond acceptors (Lipinski definition) is 5. The van der Waals surface area contributed by atoms with Gasteiger partial charge in [0, 0.05) is 23.7 Å². The number of nitrogen functional groups attached to an aromatic ring is 1. The molecule has 0 radical (unpaired) electrons. The molecule has 8 nitrogen and oxygen atoms in total. The standard InChI is InChI=1S/C15H13N7O/c1-9-10(7-16)15(23)22(2)14(20-21-18)11(9)8-19-13-6-4-3-5-12(13)17/h3-6,8H,17H2,1-2H3. The maximum Gasteiger partial charge on any atom is 0.268 e. The molecule has 0 aliphatic carbocycles. The van der Waals surface area contributed by atoms with Crippen LogP contribution in [0.15, 0.2) is 39.2 Å². The third-order valence-electron chi connectivity index (χ3n) is 3.38. The molecule has 0 bridgehead atoms. The molecule has 1 aromatic heterocycles. The molecule has 8 heteroatoms. The number of nitrogens with zero attached hydrogens (tertiary/aromatic N) is 6. The van der Waals surface area contributed by atoms with E-state index in [1.165, 1.54) is 13.3 Å². The Hall–Kier alpha value is -3.56. The zero-order valence-corrected chi connectivity index (χ0v) is 12.6. The molecule has 114 valence electrons. The highest BCUT2D eigenvalue weighted by atomic mass is 16.1. The van der Waals surface area contributed by atoms with Crippen LogP contribution in [0.3, 0.4) is 0 Å². The largest absolute Gasteiger partial charge is 0.397 e. The van der Waals surface area contributed by atoms with Crippen molar-refractivity contribution in [1.82, 2.24) is 4.57 Å². The fraction of sp³-hybridized carbons (Fsp3) is 0.133. The number of aromatic nitrogens is 1. The number of para-hydroxylation sites is 2. The average Bonchev–Trinajstić information content (AvgIpc) is 2.54. The zero-order chi connectivity index (χ0) is 17.0. The van der Waals surface area contributed by atoms with Gasteiger partial charge in [0.2, 0.25) is 0 Å². The zero-order valence-electron chi connectivity index (χ0n) is 12.6. The molecule has 0 aliphatic heterocycles. The fourth-order valence-corrected chi connectivity index (χ4v) is 2.10. The Morgan fingerprint density at radius 3 is 2.74 bits per heavy atom. The molecule has 0 amide bonds. The molecular weight excluding hydrogens is 294 g/mol. The van der Waals surface area contributed by atoms with Crippen LogP contribution in [-0.4, -0.2) is 10.8 Å². The van der Waals surface area contributed by atoms with E-state index in [1.807, 2.05) is 6.07 Å². The minimum atomic E-state index is -0.524. The highest BCUT2D eigenvalue weighted by Gasteiger charge is 2.15. The molecule has 0 aliphatic rings. The van der Waals surface area contributed by atoms with Crippen LogP contribution in [0.25, 0.3) is 10.4 Å². The Morgan fingerprint density at radius 1 is 1.43 bits per heavy atom. The Kier molecular flexibility index (Phi) is 4.45. The van der Waals surface area contributed by atoms with Gasteiger partial charge in [-0.2, -0.15) is 5.26 Å². The second kappa shape index (κ2) is 6.47. The monoisotopic (exact) mass is 307 g/mol. The summed E-state index contributed by atoms with van der Waals surface area (Å²) in [6.45, 7) is 1.60. The van der Waals surface area contributed by atoms with Gasteiger partial charge < -0.3 is 10.3 Å². The third kappa shape index (κ3) is 2.90. The minimum Gasteiger partial charge on any atom is -0.397 e. The fourth-order valence-electron chi connectivity index (χ4n) is 2.10. The predicted octanol–water partition coefficient (Wildman–Crippen LogP) is 2.84. The smallest absolute Gasteiger partial charge is 0.268 e. The third-order valence-corrected chi connectivity index (χ3v) is 3.38. The number of benzene rings is 1. The first kappa shape index (κ1) is 15.8. The molecular formula is C15H13N7O. The Labute approximate surface area is 131 Å². The van der Waals surface area contributed by atoms with Crippen molar-refractivity contribution in [2.24, 2.45) is 17.2 Å². The number of pyridine rings is 1. The van der Waals surface area contributed by atoms with Gasteiger partial charge in [0.05, 0.1) is 11.4 Å². The molecule has 0 unspecified atom stereocenters. The van der Waals surface area contributed by atoms with Gasteiger partial charge in [-0.25, -0.2) is 0 Å². The van der Waals surface area contributed by atoms with Gasteiger partial charge in [-0.15, -0.1) is 0 Å². The summed E-state index contributed by atoms with van der Waals surface area (Å²) in [5.41, 5.74) is 15.8. The highest BCUT2D eigenvalue weighted by molar-refractivity contribution is 5.90. The number of aliphatic imine (C=N–C) groups is 1. The van der Waals surface area contributed by atoms with Crippen LogP contribution in [0, 0.1) is 18.3 Å². The van der Waals surface area contributed by atoms with Crippen molar-refractivity contribution in [1.29, 1.82) is 5.26 Å². The normalized spacial score (nSPS) is 10.3. The summed E-state index contributed by atoms with van der Waals surface area (Å²) in [7, 11) is 1.43. The van der Waals surface area contributed by atoms with Crippen molar-refractivity contribution in [2.75, 3.05) is 5.73 Å². The van der Waals surface area contributed by atoms with E-state index in [0.29, 0.717) is 22.5 Å². The molecule has 0 fully saturated rings. The van der Waals surface area contributed by atoms with E-state index in [1.54, 1.807) is 31.2 Å². The predicted molar refractivity (Wildman–Crippen MR) is 88.0 cm³/mol. The van der Waals surface area contributed by atoms with Gasteiger partial charge in [-0.1, -0.05) is 12.1 Å². The van der Waals surface area contributed by atoms with Crippen LogP contribution in [0.5, 0.6) is 0 Å². The first-order valence-corrected chi connectivity index (χ1v) is 6.58. The summed E-state index contributed by atoms with van der Waals surface area (Å²) in [4.78, 5) is 19.1. The molecule has 23 heavy (non-hydrogen) atoms. The molecule has 0 saturated heterocycles. The van der Waals surface area contributed by atoms with Crippen LogP contribution in [-0.2, 0) is 7.05 Å². The first-order chi connectivity index (χ1) is 11.0. The molecule has 0 spiro atoms. The van der Waals surface area contributed by atoms with Gasteiger partial charge in [0.1, 0.15) is 17.5 Å². The second-order valence-corrected chi connectivity index (χ2v) is 4.72. The van der Waals surface area contributed by atoms with Crippen molar-refractivity contribution in [3.63, 3.8) is 0 Å². The van der Waals surface area contributed by atoms with Crippen LogP contribution in [0.2, 0.25) is 0 Å². The summed E-state index contributed by atoms with van der Waals surface area (Å²) in [5, 5.41) is 12.7.